The minimum atomic E-state index is -0.230. The topological polar surface area (TPSA) is 67.8 Å². The first kappa shape index (κ1) is 18.1. The highest BCUT2D eigenvalue weighted by Crippen LogP contribution is 2.30. The van der Waals surface area contributed by atoms with E-state index in [-0.39, 0.29) is 5.91 Å². The van der Waals surface area contributed by atoms with Crippen LogP contribution in [0.5, 0.6) is 0 Å². The van der Waals surface area contributed by atoms with Gasteiger partial charge in [-0.1, -0.05) is 29.5 Å². The Labute approximate surface area is 168 Å². The Morgan fingerprint density at radius 3 is 2.67 bits per heavy atom. The lowest BCUT2D eigenvalue weighted by Gasteiger charge is -2.10. The van der Waals surface area contributed by atoms with Crippen LogP contribution in [-0.4, -0.2) is 27.1 Å². The molecule has 3 aromatic heterocycles. The Kier molecular flexibility index (Phi) is 4.94. The Hall–Kier alpha value is -2.29. The molecule has 0 fully saturated rings. The number of amides is 1. The van der Waals surface area contributed by atoms with Crippen LogP contribution >= 0.6 is 34.4 Å². The summed E-state index contributed by atoms with van der Waals surface area (Å²) >= 11 is 4.49. The van der Waals surface area contributed by atoms with Crippen molar-refractivity contribution < 1.29 is 4.79 Å². The number of thioether (sulfide) groups is 1. The van der Waals surface area contributed by atoms with Crippen molar-refractivity contribution >= 4 is 55.7 Å². The van der Waals surface area contributed by atoms with Crippen LogP contribution < -0.4 is 5.32 Å². The summed E-state index contributed by atoms with van der Waals surface area (Å²) in [6.07, 6.45) is 1.91. The first-order valence-corrected chi connectivity index (χ1v) is 11.1. The van der Waals surface area contributed by atoms with Crippen LogP contribution in [0.3, 0.4) is 0 Å². The standard InChI is InChI=1S/C19H16N4OS3/c1-10-6-4-7-12-15(10)21-19(27-12)23-17(24)14-11(2)20-16(22-18(14)25-3)13-8-5-9-26-13/h4-9H,1-3H3,(H,21,23,24). The van der Waals surface area contributed by atoms with Gasteiger partial charge in [0.05, 0.1) is 26.4 Å². The van der Waals surface area contributed by atoms with E-state index in [1.54, 1.807) is 11.3 Å². The predicted molar refractivity (Wildman–Crippen MR) is 114 cm³/mol. The molecule has 0 aliphatic heterocycles. The number of hydrogen-bond donors (Lipinski definition) is 1. The minimum Gasteiger partial charge on any atom is -0.298 e. The maximum Gasteiger partial charge on any atom is 0.262 e. The molecule has 4 rings (SSSR count). The van der Waals surface area contributed by atoms with Gasteiger partial charge in [0.1, 0.15) is 5.03 Å². The van der Waals surface area contributed by atoms with E-state index in [2.05, 4.69) is 20.3 Å². The SMILES string of the molecule is CSc1nc(-c2cccs2)nc(C)c1C(=O)Nc1nc2c(C)cccc2s1. The first-order valence-electron chi connectivity index (χ1n) is 8.21. The van der Waals surface area contributed by atoms with E-state index in [9.17, 15) is 4.79 Å². The number of nitrogens with zero attached hydrogens (tertiary/aromatic N) is 3. The van der Waals surface area contributed by atoms with Gasteiger partial charge in [0, 0.05) is 0 Å². The van der Waals surface area contributed by atoms with Crippen LogP contribution in [0.15, 0.2) is 40.7 Å². The highest BCUT2D eigenvalue weighted by atomic mass is 32.2. The average molecular weight is 413 g/mol. The molecule has 0 atom stereocenters. The van der Waals surface area contributed by atoms with Crippen molar-refractivity contribution in [3.05, 3.63) is 52.5 Å². The molecule has 8 heteroatoms. The van der Waals surface area contributed by atoms with Gasteiger partial charge in [-0.3, -0.25) is 10.1 Å². The fourth-order valence-electron chi connectivity index (χ4n) is 2.77. The molecule has 0 saturated carbocycles. The molecule has 3 heterocycles. The Morgan fingerprint density at radius 2 is 1.96 bits per heavy atom. The van der Waals surface area contributed by atoms with E-state index in [4.69, 9.17) is 0 Å². The molecule has 0 bridgehead atoms. The molecule has 0 radical (unpaired) electrons. The zero-order valence-electron chi connectivity index (χ0n) is 14.9. The smallest absolute Gasteiger partial charge is 0.262 e. The van der Waals surface area contributed by atoms with Crippen LogP contribution in [0.1, 0.15) is 21.6 Å². The summed E-state index contributed by atoms with van der Waals surface area (Å²) < 4.78 is 1.05. The van der Waals surface area contributed by atoms with Gasteiger partial charge in [-0.15, -0.1) is 23.1 Å². The lowest BCUT2D eigenvalue weighted by atomic mass is 10.2. The molecule has 1 N–H and O–H groups in total. The summed E-state index contributed by atoms with van der Waals surface area (Å²) in [4.78, 5) is 27.6. The molecule has 1 aromatic carbocycles. The van der Waals surface area contributed by atoms with Crippen molar-refractivity contribution in [1.82, 2.24) is 15.0 Å². The van der Waals surface area contributed by atoms with Gasteiger partial charge < -0.3 is 0 Å². The molecule has 27 heavy (non-hydrogen) atoms. The number of para-hydroxylation sites is 1. The molecule has 5 nitrogen and oxygen atoms in total. The van der Waals surface area contributed by atoms with E-state index in [0.717, 1.165) is 20.7 Å². The maximum atomic E-state index is 12.9. The summed E-state index contributed by atoms with van der Waals surface area (Å²) in [5.74, 6) is 0.422. The summed E-state index contributed by atoms with van der Waals surface area (Å²) in [5.41, 5.74) is 3.17. The predicted octanol–water partition coefficient (Wildman–Crippen LogP) is 5.41. The van der Waals surface area contributed by atoms with Crippen LogP contribution in [0.2, 0.25) is 0 Å². The second kappa shape index (κ2) is 7.38. The van der Waals surface area contributed by atoms with Gasteiger partial charge in [-0.05, 0) is 43.2 Å². The van der Waals surface area contributed by atoms with E-state index in [1.807, 2.05) is 55.8 Å². The largest absolute Gasteiger partial charge is 0.298 e. The highest BCUT2D eigenvalue weighted by Gasteiger charge is 2.20. The van der Waals surface area contributed by atoms with Gasteiger partial charge in [-0.25, -0.2) is 15.0 Å². The van der Waals surface area contributed by atoms with Gasteiger partial charge >= 0.3 is 0 Å². The second-order valence-electron chi connectivity index (χ2n) is 5.89. The van der Waals surface area contributed by atoms with Gasteiger partial charge in [0.2, 0.25) is 0 Å². The molecule has 4 aromatic rings. The summed E-state index contributed by atoms with van der Waals surface area (Å²) in [6.45, 7) is 3.86. The monoisotopic (exact) mass is 412 g/mol. The zero-order chi connectivity index (χ0) is 19.0. The van der Waals surface area contributed by atoms with E-state index in [1.165, 1.54) is 23.1 Å². The lowest BCUT2D eigenvalue weighted by Crippen LogP contribution is -2.16. The van der Waals surface area contributed by atoms with E-state index in [0.29, 0.717) is 27.2 Å². The van der Waals surface area contributed by atoms with Gasteiger partial charge in [-0.2, -0.15) is 0 Å². The van der Waals surface area contributed by atoms with Crippen LogP contribution in [-0.2, 0) is 0 Å². The van der Waals surface area contributed by atoms with Crippen molar-refractivity contribution in [3.8, 4) is 10.7 Å². The second-order valence-corrected chi connectivity index (χ2v) is 8.66. The van der Waals surface area contributed by atoms with Crippen molar-refractivity contribution in [1.29, 1.82) is 0 Å². The summed E-state index contributed by atoms with van der Waals surface area (Å²) in [7, 11) is 0. The molecule has 0 unspecified atom stereocenters. The maximum absolute atomic E-state index is 12.9. The number of thiazole rings is 1. The molecular formula is C19H16N4OS3. The number of rotatable bonds is 4. The van der Waals surface area contributed by atoms with E-state index < -0.39 is 0 Å². The van der Waals surface area contributed by atoms with Gasteiger partial charge in [0.25, 0.3) is 5.91 Å². The lowest BCUT2D eigenvalue weighted by molar-refractivity contribution is 0.102. The molecule has 136 valence electrons. The Bertz CT molecular complexity index is 1140. The number of fused-ring (bicyclic) bond motifs is 1. The zero-order valence-corrected chi connectivity index (χ0v) is 17.4. The molecule has 0 aliphatic rings. The Morgan fingerprint density at radius 1 is 1.11 bits per heavy atom. The fraction of sp³-hybridized carbons (Fsp3) is 0.158. The third-order valence-electron chi connectivity index (χ3n) is 4.06. The summed E-state index contributed by atoms with van der Waals surface area (Å²) in [5, 5.41) is 6.16. The number of carbonyl (C=O) groups is 1. The van der Waals surface area contributed by atoms with Crippen molar-refractivity contribution in [2.75, 3.05) is 11.6 Å². The molecule has 0 spiro atoms. The van der Waals surface area contributed by atoms with Crippen LogP contribution in [0, 0.1) is 13.8 Å². The number of hydrogen-bond acceptors (Lipinski definition) is 7. The number of carbonyl (C=O) groups excluding carboxylic acids is 1. The number of anilines is 1. The third kappa shape index (κ3) is 3.47. The molecule has 0 aliphatic carbocycles. The Balaban J connectivity index is 1.69. The van der Waals surface area contributed by atoms with Crippen LogP contribution in [0.4, 0.5) is 5.13 Å². The van der Waals surface area contributed by atoms with Crippen molar-refractivity contribution in [2.24, 2.45) is 0 Å². The number of aryl methyl sites for hydroxylation is 2. The number of benzene rings is 1. The molecule has 1 amide bonds. The summed E-state index contributed by atoms with van der Waals surface area (Å²) in [6, 6.07) is 9.96. The van der Waals surface area contributed by atoms with E-state index >= 15 is 0 Å². The number of nitrogens with one attached hydrogen (secondary N) is 1. The van der Waals surface area contributed by atoms with Crippen LogP contribution in [0.25, 0.3) is 20.9 Å². The quantitative estimate of drug-likeness (QED) is 0.359. The van der Waals surface area contributed by atoms with Crippen molar-refractivity contribution in [2.45, 2.75) is 18.9 Å². The van der Waals surface area contributed by atoms with Crippen molar-refractivity contribution in [3.63, 3.8) is 0 Å². The average Bonchev–Trinajstić information content (AvgIpc) is 3.31. The minimum absolute atomic E-state index is 0.230. The normalized spacial score (nSPS) is 11.1. The molecular weight excluding hydrogens is 396 g/mol. The highest BCUT2D eigenvalue weighted by molar-refractivity contribution is 7.98. The third-order valence-corrected chi connectivity index (χ3v) is 6.54. The first-order chi connectivity index (χ1) is 13.1. The van der Waals surface area contributed by atoms with Gasteiger partial charge in [0.15, 0.2) is 11.0 Å². The molecule has 0 saturated heterocycles. The fourth-order valence-corrected chi connectivity index (χ4v) is 4.99. The number of thiophene rings is 1. The number of aromatic nitrogens is 3.